The van der Waals surface area contributed by atoms with E-state index in [4.69, 9.17) is 9.47 Å². The Morgan fingerprint density at radius 2 is 1.92 bits per heavy atom. The van der Waals surface area contributed by atoms with Crippen molar-refractivity contribution in [2.45, 2.75) is 45.6 Å². The number of para-hydroxylation sites is 1. The van der Waals surface area contributed by atoms with Crippen molar-refractivity contribution in [3.63, 3.8) is 0 Å². The maximum atomic E-state index is 14.0. The van der Waals surface area contributed by atoms with Gasteiger partial charge in [0.2, 0.25) is 5.91 Å². The van der Waals surface area contributed by atoms with E-state index in [-0.39, 0.29) is 30.2 Å². The fraction of sp³-hybridized carbons (Fsp3) is 0.448. The highest BCUT2D eigenvalue weighted by Crippen LogP contribution is 2.49. The Balaban J connectivity index is 1.67. The molecule has 7 heteroatoms. The molecule has 2 aromatic carbocycles. The van der Waals surface area contributed by atoms with Crippen molar-refractivity contribution < 1.29 is 19.1 Å². The highest BCUT2D eigenvalue weighted by atomic mass is 16.5. The van der Waals surface area contributed by atoms with Gasteiger partial charge in [0.1, 0.15) is 0 Å². The molecule has 7 nitrogen and oxygen atoms in total. The molecule has 1 N–H and O–H groups in total. The number of hydrogen-bond acceptors (Lipinski definition) is 4. The van der Waals surface area contributed by atoms with Gasteiger partial charge in [-0.05, 0) is 48.6 Å². The summed E-state index contributed by atoms with van der Waals surface area (Å²) in [6.45, 7) is 9.80. The number of methoxy groups -OCH3 is 1. The molecule has 190 valence electrons. The smallest absolute Gasteiger partial charge is 0.254 e. The van der Waals surface area contributed by atoms with Crippen molar-refractivity contribution in [2.75, 3.05) is 33.4 Å². The van der Waals surface area contributed by atoms with Gasteiger partial charge in [-0.25, -0.2) is 0 Å². The number of nitrogens with zero attached hydrogens (tertiary/aromatic N) is 2. The zero-order valence-electron chi connectivity index (χ0n) is 21.8. The second-order valence-corrected chi connectivity index (χ2v) is 10.4. The number of amides is 2. The second-order valence-electron chi connectivity index (χ2n) is 10.4. The largest absolute Gasteiger partial charge is 0.493 e. The van der Waals surface area contributed by atoms with Crippen molar-refractivity contribution in [3.8, 4) is 11.5 Å². The molecule has 1 aromatic heterocycles. The van der Waals surface area contributed by atoms with Crippen LogP contribution in [-0.4, -0.2) is 59.9 Å². The van der Waals surface area contributed by atoms with Gasteiger partial charge in [-0.3, -0.25) is 9.59 Å². The number of hydrogen-bond donors (Lipinski definition) is 1. The third-order valence-electron chi connectivity index (χ3n) is 7.45. The number of aromatic amines is 1. The lowest BCUT2D eigenvalue weighted by atomic mass is 9.76. The number of benzene rings is 2. The third kappa shape index (κ3) is 3.72. The second kappa shape index (κ2) is 9.19. The Bertz CT molecular complexity index is 1310. The first-order valence-electron chi connectivity index (χ1n) is 12.8. The maximum Gasteiger partial charge on any atom is 0.254 e. The number of ether oxygens (including phenoxy) is 2. The summed E-state index contributed by atoms with van der Waals surface area (Å²) < 4.78 is 11.5. The van der Waals surface area contributed by atoms with Crippen molar-refractivity contribution in [1.82, 2.24) is 14.8 Å². The number of nitrogens with one attached hydrogen (secondary N) is 1. The molecular formula is C29H35N3O4. The van der Waals surface area contributed by atoms with Gasteiger partial charge in [-0.2, -0.15) is 0 Å². The van der Waals surface area contributed by atoms with Gasteiger partial charge in [-0.15, -0.1) is 0 Å². The van der Waals surface area contributed by atoms with Crippen LogP contribution in [0.4, 0.5) is 0 Å². The van der Waals surface area contributed by atoms with E-state index < -0.39 is 5.54 Å². The molecular weight excluding hydrogens is 454 g/mol. The molecule has 1 fully saturated rings. The van der Waals surface area contributed by atoms with E-state index in [1.807, 2.05) is 43.3 Å². The molecule has 5 rings (SSSR count). The lowest BCUT2D eigenvalue weighted by molar-refractivity contribution is -0.166. The summed E-state index contributed by atoms with van der Waals surface area (Å²) in [6, 6.07) is 14.1. The Kier molecular flexibility index (Phi) is 6.18. The van der Waals surface area contributed by atoms with Crippen molar-refractivity contribution in [1.29, 1.82) is 0 Å². The first-order chi connectivity index (χ1) is 17.3. The predicted molar refractivity (Wildman–Crippen MR) is 139 cm³/mol. The molecule has 0 aliphatic carbocycles. The summed E-state index contributed by atoms with van der Waals surface area (Å²) in [4.78, 5) is 34.6. The van der Waals surface area contributed by atoms with Gasteiger partial charge in [0, 0.05) is 29.9 Å². The molecule has 36 heavy (non-hydrogen) atoms. The summed E-state index contributed by atoms with van der Waals surface area (Å²) in [5, 5.41) is 1.07. The van der Waals surface area contributed by atoms with E-state index in [1.54, 1.807) is 16.9 Å². The summed E-state index contributed by atoms with van der Waals surface area (Å²) in [5.74, 6) is 1.48. The number of carbonyl (C=O) groups excluding carboxylic acids is 2. The Labute approximate surface area is 212 Å². The van der Waals surface area contributed by atoms with Gasteiger partial charge in [0.05, 0.1) is 26.0 Å². The van der Waals surface area contributed by atoms with Gasteiger partial charge >= 0.3 is 0 Å². The molecule has 2 atom stereocenters. The summed E-state index contributed by atoms with van der Waals surface area (Å²) in [7, 11) is 1.64. The van der Waals surface area contributed by atoms with Crippen molar-refractivity contribution in [3.05, 3.63) is 59.3 Å². The van der Waals surface area contributed by atoms with Crippen LogP contribution < -0.4 is 9.47 Å². The van der Waals surface area contributed by atoms with E-state index in [1.165, 1.54) is 0 Å². The fourth-order valence-corrected chi connectivity index (χ4v) is 5.80. The van der Waals surface area contributed by atoms with Crippen LogP contribution in [0.5, 0.6) is 11.5 Å². The van der Waals surface area contributed by atoms with Crippen LogP contribution in [0, 0.1) is 5.92 Å². The minimum Gasteiger partial charge on any atom is -0.493 e. The number of aromatic nitrogens is 1. The molecule has 1 unspecified atom stereocenters. The Hall–Kier alpha value is -3.48. The molecule has 1 saturated heterocycles. The average Bonchev–Trinajstić information content (AvgIpc) is 3.26. The lowest BCUT2D eigenvalue weighted by Crippen LogP contribution is -2.67. The van der Waals surface area contributed by atoms with Gasteiger partial charge in [0.15, 0.2) is 17.0 Å². The summed E-state index contributed by atoms with van der Waals surface area (Å²) >= 11 is 0. The van der Waals surface area contributed by atoms with Crippen LogP contribution in [0.25, 0.3) is 10.9 Å². The minimum atomic E-state index is -1.08. The number of H-pyrrole nitrogens is 1. The highest BCUT2D eigenvalue weighted by molar-refractivity contribution is 6.01. The molecule has 3 heterocycles. The normalized spacial score (nSPS) is 21.7. The van der Waals surface area contributed by atoms with E-state index in [0.29, 0.717) is 31.2 Å². The summed E-state index contributed by atoms with van der Waals surface area (Å²) in [6.07, 6.45) is 0.906. The van der Waals surface area contributed by atoms with Crippen LogP contribution in [-0.2, 0) is 15.1 Å². The highest BCUT2D eigenvalue weighted by Gasteiger charge is 2.56. The van der Waals surface area contributed by atoms with Crippen LogP contribution in [0.1, 0.15) is 56.9 Å². The number of carbonyl (C=O) groups is 2. The molecule has 0 bridgehead atoms. The number of fused-ring (bicyclic) bond motifs is 5. The van der Waals surface area contributed by atoms with Gasteiger partial charge < -0.3 is 24.3 Å². The van der Waals surface area contributed by atoms with Crippen LogP contribution in [0.2, 0.25) is 0 Å². The van der Waals surface area contributed by atoms with Crippen molar-refractivity contribution in [2.24, 2.45) is 5.92 Å². The van der Waals surface area contributed by atoms with Crippen LogP contribution in [0.3, 0.4) is 0 Å². The lowest BCUT2D eigenvalue weighted by Gasteiger charge is -2.51. The quantitative estimate of drug-likeness (QED) is 0.524. The summed E-state index contributed by atoms with van der Waals surface area (Å²) in [5.41, 5.74) is 2.78. The molecule has 0 saturated carbocycles. The van der Waals surface area contributed by atoms with Gasteiger partial charge in [-0.1, -0.05) is 45.0 Å². The zero-order valence-corrected chi connectivity index (χ0v) is 21.8. The molecule has 2 aliphatic rings. The minimum absolute atomic E-state index is 0.0250. The maximum absolute atomic E-state index is 14.0. The topological polar surface area (TPSA) is 74.9 Å². The van der Waals surface area contributed by atoms with Crippen LogP contribution in [0.15, 0.2) is 42.5 Å². The van der Waals surface area contributed by atoms with E-state index >= 15 is 0 Å². The first kappa shape index (κ1) is 24.2. The number of rotatable bonds is 7. The fourth-order valence-electron chi connectivity index (χ4n) is 5.80. The molecule has 2 aliphatic heterocycles. The Morgan fingerprint density at radius 3 is 2.64 bits per heavy atom. The molecule has 0 radical (unpaired) electrons. The third-order valence-corrected chi connectivity index (χ3v) is 7.45. The predicted octanol–water partition coefficient (Wildman–Crippen LogP) is 4.65. The Morgan fingerprint density at radius 1 is 1.14 bits per heavy atom. The van der Waals surface area contributed by atoms with E-state index in [9.17, 15) is 9.59 Å². The molecule has 2 amide bonds. The SMILES string of the molecule is CCCOc1ccc(C2CN3C(=O)CN(CC(C)C)C(=O)[C@]3(C)c3[nH]c4ccccc4c32)cc1OC. The average molecular weight is 490 g/mol. The van der Waals surface area contributed by atoms with Crippen molar-refractivity contribution >= 4 is 22.7 Å². The van der Waals surface area contributed by atoms with E-state index in [2.05, 4.69) is 31.8 Å². The number of piperazine rings is 1. The monoisotopic (exact) mass is 489 g/mol. The zero-order chi connectivity index (χ0) is 25.6. The first-order valence-corrected chi connectivity index (χ1v) is 12.8. The van der Waals surface area contributed by atoms with E-state index in [0.717, 1.165) is 34.1 Å². The van der Waals surface area contributed by atoms with Gasteiger partial charge in [0.25, 0.3) is 5.91 Å². The van der Waals surface area contributed by atoms with Crippen LogP contribution >= 0.6 is 0 Å². The standard InChI is InChI=1S/C29H35N3O4/c1-6-13-36-23-12-11-19(14-24(23)35-5)21-16-32-25(33)17-31(15-18(2)3)28(34)29(32,4)27-26(21)20-9-7-8-10-22(20)30-27/h7-12,14,18,21,30H,6,13,15-17H2,1-5H3/t21?,29-/m0/s1. The molecule has 0 spiro atoms. The molecule has 3 aromatic rings.